The highest BCUT2D eigenvalue weighted by molar-refractivity contribution is 5.77. The van der Waals surface area contributed by atoms with Gasteiger partial charge in [-0.15, -0.1) is 0 Å². The normalized spacial score (nSPS) is 11.2. The Kier molecular flexibility index (Phi) is 5.58. The molecule has 0 unspecified atom stereocenters. The van der Waals surface area contributed by atoms with Gasteiger partial charge in [-0.05, 0) is 30.0 Å². The van der Waals surface area contributed by atoms with Gasteiger partial charge in [-0.2, -0.15) is 18.2 Å². The molecule has 0 radical (unpaired) electrons. The molecule has 2 aromatic heterocycles. The van der Waals surface area contributed by atoms with Gasteiger partial charge in [0, 0.05) is 19.2 Å². The molecule has 0 atom stereocenters. The molecule has 5 nitrogen and oxygen atoms in total. The number of aromatic nitrogens is 4. The minimum atomic E-state index is -4.67. The van der Waals surface area contributed by atoms with E-state index < -0.39 is 11.9 Å². The molecule has 0 saturated heterocycles. The van der Waals surface area contributed by atoms with Crippen LogP contribution in [0.2, 0.25) is 0 Å². The van der Waals surface area contributed by atoms with Crippen LogP contribution in [0.3, 0.4) is 0 Å². The van der Waals surface area contributed by atoms with E-state index in [4.69, 9.17) is 0 Å². The summed E-state index contributed by atoms with van der Waals surface area (Å²) in [5.74, 6) is 5.82. The molecule has 0 aliphatic heterocycles. The van der Waals surface area contributed by atoms with E-state index >= 15 is 0 Å². The summed E-state index contributed by atoms with van der Waals surface area (Å²) in [5, 5.41) is 2.89. The maximum atomic E-state index is 13.7. The molecule has 31 heavy (non-hydrogen) atoms. The number of hydrogen-bond donors (Lipinski definition) is 1. The minimum absolute atomic E-state index is 0.0712. The third-order valence-corrected chi connectivity index (χ3v) is 4.62. The Morgan fingerprint density at radius 2 is 1.58 bits per heavy atom. The second-order valence-corrected chi connectivity index (χ2v) is 6.84. The quantitative estimate of drug-likeness (QED) is 0.495. The van der Waals surface area contributed by atoms with Crippen molar-refractivity contribution in [3.05, 3.63) is 83.3 Å². The van der Waals surface area contributed by atoms with Crippen LogP contribution in [-0.2, 0) is 19.6 Å². The highest BCUT2D eigenvalue weighted by Gasteiger charge is 2.37. The zero-order valence-corrected chi connectivity index (χ0v) is 16.6. The van der Waals surface area contributed by atoms with E-state index in [0.29, 0.717) is 13.0 Å². The van der Waals surface area contributed by atoms with Crippen LogP contribution in [0.5, 0.6) is 0 Å². The summed E-state index contributed by atoms with van der Waals surface area (Å²) in [6.45, 7) is 0.394. The van der Waals surface area contributed by atoms with Crippen LogP contribution in [0.25, 0.3) is 11.2 Å². The van der Waals surface area contributed by atoms with Crippen molar-refractivity contribution in [1.82, 2.24) is 19.5 Å². The molecule has 4 aromatic rings. The van der Waals surface area contributed by atoms with Crippen molar-refractivity contribution in [2.75, 3.05) is 11.9 Å². The van der Waals surface area contributed by atoms with E-state index in [9.17, 15) is 13.2 Å². The molecule has 0 fully saturated rings. The lowest BCUT2D eigenvalue weighted by Crippen LogP contribution is -2.14. The Bertz CT molecular complexity index is 1250. The van der Waals surface area contributed by atoms with Gasteiger partial charge < -0.3 is 9.88 Å². The maximum absolute atomic E-state index is 13.7. The second-order valence-electron chi connectivity index (χ2n) is 6.84. The van der Waals surface area contributed by atoms with Crippen LogP contribution in [0.1, 0.15) is 22.6 Å². The van der Waals surface area contributed by atoms with Crippen LogP contribution < -0.4 is 5.32 Å². The Balaban J connectivity index is 1.67. The molecule has 0 amide bonds. The first-order valence-electron chi connectivity index (χ1n) is 9.58. The fourth-order valence-corrected chi connectivity index (χ4v) is 3.06. The average molecular weight is 421 g/mol. The number of hydrogen-bond acceptors (Lipinski definition) is 4. The summed E-state index contributed by atoms with van der Waals surface area (Å²) in [5.41, 5.74) is 0.469. The number of rotatable bonds is 4. The predicted molar refractivity (Wildman–Crippen MR) is 112 cm³/mol. The number of nitrogens with one attached hydrogen (secondary N) is 1. The third kappa shape index (κ3) is 4.67. The lowest BCUT2D eigenvalue weighted by Gasteiger charge is -2.10. The minimum Gasteiger partial charge on any atom is -0.354 e. The SMILES string of the molecule is Cn1c(C#Cc2ccccc2)nc2c(C(F)(F)F)nc(NCCc3ccccc3)nc21. The van der Waals surface area contributed by atoms with Gasteiger partial charge in [-0.25, -0.2) is 9.97 Å². The molecule has 1 N–H and O–H groups in total. The monoisotopic (exact) mass is 421 g/mol. The maximum Gasteiger partial charge on any atom is 0.435 e. The van der Waals surface area contributed by atoms with Gasteiger partial charge in [-0.1, -0.05) is 54.5 Å². The first-order chi connectivity index (χ1) is 14.9. The van der Waals surface area contributed by atoms with Crippen LogP contribution in [0.4, 0.5) is 19.1 Å². The standard InChI is InChI=1S/C23H18F3N5/c1-31-18(13-12-16-8-4-2-5-9-16)28-19-20(23(24,25)26)29-22(30-21(19)31)27-15-14-17-10-6-3-7-11-17/h2-11H,14-15H2,1H3,(H,27,29,30). The highest BCUT2D eigenvalue weighted by Crippen LogP contribution is 2.33. The molecule has 156 valence electrons. The van der Waals surface area contributed by atoms with Crippen LogP contribution >= 0.6 is 0 Å². The van der Waals surface area contributed by atoms with Crippen LogP contribution in [0, 0.1) is 11.8 Å². The van der Waals surface area contributed by atoms with Gasteiger partial charge in [0.1, 0.15) is 5.52 Å². The average Bonchev–Trinajstić information content (AvgIpc) is 3.08. The number of imidazole rings is 1. The third-order valence-electron chi connectivity index (χ3n) is 4.62. The second kappa shape index (κ2) is 8.48. The molecular formula is C23H18F3N5. The van der Waals surface area contributed by atoms with Gasteiger partial charge >= 0.3 is 6.18 Å². The Hall–Kier alpha value is -3.86. The molecule has 0 bridgehead atoms. The Labute approximate surface area is 177 Å². The van der Waals surface area contributed by atoms with Crippen molar-refractivity contribution in [2.45, 2.75) is 12.6 Å². The zero-order valence-electron chi connectivity index (χ0n) is 16.6. The van der Waals surface area contributed by atoms with E-state index in [2.05, 4.69) is 32.1 Å². The van der Waals surface area contributed by atoms with Crippen molar-refractivity contribution in [3.63, 3.8) is 0 Å². The molecular weight excluding hydrogens is 403 g/mol. The fraction of sp³-hybridized carbons (Fsp3) is 0.174. The Morgan fingerprint density at radius 1 is 0.903 bits per heavy atom. The molecule has 8 heteroatoms. The molecule has 2 aromatic carbocycles. The number of halogens is 3. The summed E-state index contributed by atoms with van der Waals surface area (Å²) in [6.07, 6.45) is -4.04. The lowest BCUT2D eigenvalue weighted by molar-refractivity contribution is -0.139. The smallest absolute Gasteiger partial charge is 0.354 e. The summed E-state index contributed by atoms with van der Waals surface area (Å²) in [7, 11) is 1.59. The number of anilines is 1. The predicted octanol–water partition coefficient (Wildman–Crippen LogP) is 4.44. The van der Waals surface area contributed by atoms with E-state index in [1.165, 1.54) is 4.57 Å². The highest BCUT2D eigenvalue weighted by atomic mass is 19.4. The van der Waals surface area contributed by atoms with Crippen LogP contribution in [-0.4, -0.2) is 26.1 Å². The van der Waals surface area contributed by atoms with Crippen LogP contribution in [0.15, 0.2) is 60.7 Å². The molecule has 0 saturated carbocycles. The number of fused-ring (bicyclic) bond motifs is 1. The van der Waals surface area contributed by atoms with Gasteiger partial charge in [0.05, 0.1) is 0 Å². The first kappa shape index (κ1) is 20.4. The summed E-state index contributed by atoms with van der Waals surface area (Å²) >= 11 is 0. The van der Waals surface area contributed by atoms with E-state index in [-0.39, 0.29) is 22.9 Å². The molecule has 0 aliphatic carbocycles. The summed E-state index contributed by atoms with van der Waals surface area (Å²) in [6, 6.07) is 18.8. The number of nitrogens with zero attached hydrogens (tertiary/aromatic N) is 4. The van der Waals surface area contributed by atoms with Crippen molar-refractivity contribution < 1.29 is 13.2 Å². The van der Waals surface area contributed by atoms with Gasteiger partial charge in [0.15, 0.2) is 17.2 Å². The van der Waals surface area contributed by atoms with E-state index in [1.807, 2.05) is 60.7 Å². The summed E-state index contributed by atoms with van der Waals surface area (Å²) in [4.78, 5) is 12.1. The summed E-state index contributed by atoms with van der Waals surface area (Å²) < 4.78 is 42.5. The first-order valence-corrected chi connectivity index (χ1v) is 9.58. The zero-order chi connectivity index (χ0) is 21.8. The van der Waals surface area contributed by atoms with Crippen molar-refractivity contribution >= 4 is 17.1 Å². The van der Waals surface area contributed by atoms with Gasteiger partial charge in [-0.3, -0.25) is 0 Å². The number of benzene rings is 2. The van der Waals surface area contributed by atoms with Gasteiger partial charge in [0.25, 0.3) is 0 Å². The molecule has 2 heterocycles. The lowest BCUT2D eigenvalue weighted by atomic mass is 10.1. The van der Waals surface area contributed by atoms with E-state index in [1.54, 1.807) is 7.05 Å². The fourth-order valence-electron chi connectivity index (χ4n) is 3.06. The number of aryl methyl sites for hydroxylation is 1. The topological polar surface area (TPSA) is 55.6 Å². The molecule has 4 rings (SSSR count). The van der Waals surface area contributed by atoms with Crippen molar-refractivity contribution in [3.8, 4) is 11.8 Å². The number of alkyl halides is 3. The van der Waals surface area contributed by atoms with Crippen molar-refractivity contribution in [2.24, 2.45) is 7.05 Å². The Morgan fingerprint density at radius 3 is 2.26 bits per heavy atom. The van der Waals surface area contributed by atoms with Gasteiger partial charge in [0.2, 0.25) is 5.95 Å². The molecule has 0 spiro atoms. The largest absolute Gasteiger partial charge is 0.435 e. The molecule has 0 aliphatic rings. The van der Waals surface area contributed by atoms with E-state index in [0.717, 1.165) is 11.1 Å². The van der Waals surface area contributed by atoms with Crippen molar-refractivity contribution in [1.29, 1.82) is 0 Å².